The highest BCUT2D eigenvalue weighted by Gasteiger charge is 2.35. The Hall–Kier alpha value is -1.90. The molecule has 0 aliphatic heterocycles. The van der Waals surface area contributed by atoms with Gasteiger partial charge in [-0.1, -0.05) is 76.7 Å². The van der Waals surface area contributed by atoms with Gasteiger partial charge in [-0.05, 0) is 78.9 Å². The van der Waals surface area contributed by atoms with Crippen LogP contribution in [0, 0.1) is 29.4 Å². The molecule has 3 heteroatoms. The van der Waals surface area contributed by atoms with Gasteiger partial charge >= 0.3 is 0 Å². The molecule has 2 unspecified atom stereocenters. The molecule has 180 valence electrons. The van der Waals surface area contributed by atoms with Crippen molar-refractivity contribution in [3.8, 4) is 5.75 Å². The van der Waals surface area contributed by atoms with Crippen LogP contribution >= 0.6 is 0 Å². The van der Waals surface area contributed by atoms with Crippen molar-refractivity contribution < 1.29 is 13.5 Å². The Kier molecular flexibility index (Phi) is 8.44. The molecule has 0 N–H and O–H groups in total. The van der Waals surface area contributed by atoms with Gasteiger partial charge in [0.15, 0.2) is 11.6 Å². The Morgan fingerprint density at radius 2 is 1.73 bits per heavy atom. The second kappa shape index (κ2) is 11.5. The summed E-state index contributed by atoms with van der Waals surface area (Å²) < 4.78 is 34.6. The van der Waals surface area contributed by atoms with Crippen molar-refractivity contribution >= 4 is 10.8 Å². The third-order valence-corrected chi connectivity index (χ3v) is 8.28. The van der Waals surface area contributed by atoms with Crippen molar-refractivity contribution in [3.63, 3.8) is 0 Å². The quantitative estimate of drug-likeness (QED) is 0.257. The highest BCUT2D eigenvalue weighted by Crippen LogP contribution is 2.48. The van der Waals surface area contributed by atoms with Crippen LogP contribution in [0.25, 0.3) is 10.8 Å². The number of ether oxygens (including phenoxy) is 1. The van der Waals surface area contributed by atoms with Gasteiger partial charge in [-0.25, -0.2) is 4.39 Å². The number of halogens is 2. The Balaban J connectivity index is 1.38. The standard InChI is InChI=1S/C30H40F2O/c1-3-5-6-7-8-9-21-10-11-23-18-24(13-12-22(23)17-21)25-14-15-26-20-28(33-16-4-2)30(32)29(31)27(26)19-25/h4,14-15,19-24H,2-3,5-13,16-18H2,1H3/t21?,22-,23?,24-/m1/s1. The SMILES string of the molecule is C=CCOc1cc2ccc([C@@H]3CC[C@@H]4CC(CCCCCCC)CCC4C3)cc2c(F)c1F. The van der Waals surface area contributed by atoms with E-state index in [4.69, 9.17) is 4.74 Å². The maximum Gasteiger partial charge on any atom is 0.201 e. The summed E-state index contributed by atoms with van der Waals surface area (Å²) in [6, 6.07) is 7.53. The Bertz CT molecular complexity index is 937. The van der Waals surface area contributed by atoms with Crippen LogP contribution in [0.2, 0.25) is 0 Å². The van der Waals surface area contributed by atoms with Crippen molar-refractivity contribution in [2.24, 2.45) is 17.8 Å². The molecule has 0 amide bonds. The minimum absolute atomic E-state index is 0.0460. The van der Waals surface area contributed by atoms with E-state index in [0.717, 1.165) is 23.3 Å². The van der Waals surface area contributed by atoms with Gasteiger partial charge in [-0.3, -0.25) is 0 Å². The molecule has 4 rings (SSSR count). The molecule has 33 heavy (non-hydrogen) atoms. The highest BCUT2D eigenvalue weighted by atomic mass is 19.2. The first kappa shape index (κ1) is 24.2. The average molecular weight is 455 g/mol. The maximum absolute atomic E-state index is 14.8. The van der Waals surface area contributed by atoms with E-state index in [2.05, 4.69) is 19.6 Å². The molecule has 2 saturated carbocycles. The summed E-state index contributed by atoms with van der Waals surface area (Å²) in [5, 5.41) is 1.05. The van der Waals surface area contributed by atoms with Crippen LogP contribution in [0.4, 0.5) is 8.78 Å². The molecular weight excluding hydrogens is 414 g/mol. The van der Waals surface area contributed by atoms with Gasteiger partial charge in [0.2, 0.25) is 5.82 Å². The normalized spacial score (nSPS) is 25.1. The van der Waals surface area contributed by atoms with Crippen molar-refractivity contribution in [2.75, 3.05) is 6.61 Å². The van der Waals surface area contributed by atoms with E-state index in [-0.39, 0.29) is 12.4 Å². The zero-order chi connectivity index (χ0) is 23.2. The number of hydrogen-bond donors (Lipinski definition) is 0. The van der Waals surface area contributed by atoms with E-state index in [9.17, 15) is 8.78 Å². The summed E-state index contributed by atoms with van der Waals surface area (Å²) in [7, 11) is 0. The van der Waals surface area contributed by atoms with Crippen molar-refractivity contribution in [2.45, 2.75) is 89.9 Å². The summed E-state index contributed by atoms with van der Waals surface area (Å²) in [5.74, 6) is 1.30. The van der Waals surface area contributed by atoms with Crippen LogP contribution in [0.3, 0.4) is 0 Å². The van der Waals surface area contributed by atoms with E-state index in [1.807, 2.05) is 12.1 Å². The second-order valence-corrected chi connectivity index (χ2v) is 10.5. The van der Waals surface area contributed by atoms with E-state index in [1.54, 1.807) is 6.07 Å². The molecule has 2 aliphatic rings. The van der Waals surface area contributed by atoms with Gasteiger partial charge in [0.25, 0.3) is 0 Å². The predicted molar refractivity (Wildman–Crippen MR) is 134 cm³/mol. The smallest absolute Gasteiger partial charge is 0.201 e. The van der Waals surface area contributed by atoms with Crippen LogP contribution in [-0.2, 0) is 0 Å². The molecule has 4 atom stereocenters. The van der Waals surface area contributed by atoms with Crippen LogP contribution < -0.4 is 4.74 Å². The number of rotatable bonds is 10. The zero-order valence-electron chi connectivity index (χ0n) is 20.3. The van der Waals surface area contributed by atoms with Crippen LogP contribution in [0.15, 0.2) is 36.9 Å². The van der Waals surface area contributed by atoms with E-state index < -0.39 is 11.6 Å². The first-order valence-electron chi connectivity index (χ1n) is 13.3. The Morgan fingerprint density at radius 3 is 2.55 bits per heavy atom. The molecular formula is C30H40F2O. The molecule has 0 aromatic heterocycles. The van der Waals surface area contributed by atoms with Gasteiger partial charge in [0, 0.05) is 5.39 Å². The fraction of sp³-hybridized carbons (Fsp3) is 0.600. The van der Waals surface area contributed by atoms with Gasteiger partial charge in [-0.15, -0.1) is 0 Å². The molecule has 2 fully saturated rings. The molecule has 0 heterocycles. The highest BCUT2D eigenvalue weighted by molar-refractivity contribution is 5.85. The Morgan fingerprint density at radius 1 is 0.939 bits per heavy atom. The molecule has 0 bridgehead atoms. The average Bonchev–Trinajstić information content (AvgIpc) is 2.84. The minimum atomic E-state index is -0.904. The predicted octanol–water partition coefficient (Wildman–Crippen LogP) is 9.34. The first-order valence-corrected chi connectivity index (χ1v) is 13.3. The molecule has 0 saturated heterocycles. The third-order valence-electron chi connectivity index (χ3n) is 8.28. The molecule has 0 spiro atoms. The zero-order valence-corrected chi connectivity index (χ0v) is 20.3. The van der Waals surface area contributed by atoms with Gasteiger partial charge in [-0.2, -0.15) is 4.39 Å². The van der Waals surface area contributed by atoms with E-state index in [0.29, 0.717) is 16.7 Å². The van der Waals surface area contributed by atoms with Crippen LogP contribution in [-0.4, -0.2) is 6.61 Å². The molecule has 2 aromatic carbocycles. The number of fused-ring (bicyclic) bond motifs is 2. The summed E-state index contributed by atoms with van der Waals surface area (Å²) in [4.78, 5) is 0. The van der Waals surface area contributed by atoms with Crippen LogP contribution in [0.1, 0.15) is 95.5 Å². The number of unbranched alkanes of at least 4 members (excludes halogenated alkanes) is 4. The molecule has 1 nitrogen and oxygen atoms in total. The summed E-state index contributed by atoms with van der Waals surface area (Å²) in [6.45, 7) is 6.00. The third kappa shape index (κ3) is 5.78. The van der Waals surface area contributed by atoms with Gasteiger partial charge in [0.1, 0.15) is 6.61 Å². The monoisotopic (exact) mass is 454 g/mol. The fourth-order valence-electron chi connectivity index (χ4n) is 6.42. The molecule has 0 radical (unpaired) electrons. The van der Waals surface area contributed by atoms with Crippen molar-refractivity contribution in [1.82, 2.24) is 0 Å². The lowest BCUT2D eigenvalue weighted by atomic mass is 9.63. The maximum atomic E-state index is 14.8. The number of hydrogen-bond acceptors (Lipinski definition) is 1. The van der Waals surface area contributed by atoms with Crippen molar-refractivity contribution in [1.29, 1.82) is 0 Å². The summed E-state index contributed by atoms with van der Waals surface area (Å²) in [5.41, 5.74) is 1.16. The molecule has 2 aromatic rings. The first-order chi connectivity index (χ1) is 16.1. The Labute approximate surface area is 198 Å². The van der Waals surface area contributed by atoms with E-state index in [1.165, 1.54) is 83.1 Å². The largest absolute Gasteiger partial charge is 0.486 e. The van der Waals surface area contributed by atoms with Crippen molar-refractivity contribution in [3.05, 3.63) is 54.1 Å². The lowest BCUT2D eigenvalue weighted by Gasteiger charge is -2.42. The summed E-state index contributed by atoms with van der Waals surface area (Å²) in [6.07, 6.45) is 17.7. The van der Waals surface area contributed by atoms with Crippen LogP contribution in [0.5, 0.6) is 5.75 Å². The fourth-order valence-corrected chi connectivity index (χ4v) is 6.42. The molecule has 2 aliphatic carbocycles. The van der Waals surface area contributed by atoms with Gasteiger partial charge in [0.05, 0.1) is 0 Å². The second-order valence-electron chi connectivity index (χ2n) is 10.5. The summed E-state index contributed by atoms with van der Waals surface area (Å²) >= 11 is 0. The topological polar surface area (TPSA) is 9.23 Å². The minimum Gasteiger partial charge on any atom is -0.486 e. The number of benzene rings is 2. The van der Waals surface area contributed by atoms with E-state index >= 15 is 0 Å². The lowest BCUT2D eigenvalue weighted by molar-refractivity contribution is 0.113. The van der Waals surface area contributed by atoms with Gasteiger partial charge < -0.3 is 4.74 Å². The lowest BCUT2D eigenvalue weighted by Crippen LogP contribution is -2.30.